The zero-order chi connectivity index (χ0) is 11.1. The first kappa shape index (κ1) is 11.1. The third-order valence-corrected chi connectivity index (χ3v) is 5.42. The maximum Gasteiger partial charge on any atom is 0.219 e. The largest absolute Gasteiger partial charge is 0.475 e. The predicted octanol–water partition coefficient (Wildman–Crippen LogP) is 3.93. The van der Waals surface area contributed by atoms with Crippen molar-refractivity contribution in [1.29, 1.82) is 0 Å². The first-order chi connectivity index (χ1) is 7.78. The van der Waals surface area contributed by atoms with Gasteiger partial charge in [0.2, 0.25) is 4.38 Å². The van der Waals surface area contributed by atoms with E-state index < -0.39 is 0 Å². The minimum Gasteiger partial charge on any atom is -0.475 e. The molecule has 0 radical (unpaired) electrons. The molecular formula is C13H18OS2. The number of thiocarbonyl (C=S) groups is 1. The maximum absolute atomic E-state index is 5.81. The van der Waals surface area contributed by atoms with Gasteiger partial charge in [-0.3, -0.25) is 0 Å². The maximum atomic E-state index is 5.81. The van der Waals surface area contributed by atoms with Crippen molar-refractivity contribution < 1.29 is 4.74 Å². The normalized spacial score (nSPS) is 33.1. The van der Waals surface area contributed by atoms with E-state index >= 15 is 0 Å². The first-order valence-electron chi connectivity index (χ1n) is 6.24. The van der Waals surface area contributed by atoms with E-state index in [0.29, 0.717) is 6.10 Å². The molecule has 0 unspecified atom stereocenters. The molecule has 0 aliphatic heterocycles. The van der Waals surface area contributed by atoms with Crippen LogP contribution in [0.15, 0.2) is 11.1 Å². The lowest BCUT2D eigenvalue weighted by Crippen LogP contribution is -2.18. The van der Waals surface area contributed by atoms with Gasteiger partial charge in [-0.2, -0.15) is 0 Å². The Morgan fingerprint density at radius 2 is 1.88 bits per heavy atom. The topological polar surface area (TPSA) is 9.23 Å². The molecule has 88 valence electrons. The van der Waals surface area contributed by atoms with E-state index in [1.165, 1.54) is 25.7 Å². The van der Waals surface area contributed by atoms with Gasteiger partial charge in [-0.1, -0.05) is 29.3 Å². The average Bonchev–Trinajstić information content (AvgIpc) is 2.80. The summed E-state index contributed by atoms with van der Waals surface area (Å²) in [6.07, 6.45) is 10.4. The van der Waals surface area contributed by atoms with E-state index in [-0.39, 0.29) is 0 Å². The minimum absolute atomic E-state index is 0.369. The number of ether oxygens (including phenoxy) is 1. The third-order valence-electron chi connectivity index (χ3n) is 4.40. The molecular weight excluding hydrogens is 236 g/mol. The van der Waals surface area contributed by atoms with E-state index in [9.17, 15) is 0 Å². The highest BCUT2D eigenvalue weighted by Gasteiger charge is 2.41. The second-order valence-corrected chi connectivity index (χ2v) is 6.62. The molecule has 0 aromatic rings. The molecule has 0 spiro atoms. The lowest BCUT2D eigenvalue weighted by atomic mass is 9.83. The van der Waals surface area contributed by atoms with E-state index in [1.54, 1.807) is 22.9 Å². The summed E-state index contributed by atoms with van der Waals surface area (Å²) in [7, 11) is 0. The highest BCUT2D eigenvalue weighted by molar-refractivity contribution is 8.22. The molecule has 0 aromatic heterocycles. The monoisotopic (exact) mass is 254 g/mol. The Bertz CT molecular complexity index is 326. The van der Waals surface area contributed by atoms with Crippen LogP contribution in [0.5, 0.6) is 0 Å². The fourth-order valence-electron chi connectivity index (χ4n) is 3.77. The van der Waals surface area contributed by atoms with Crippen LogP contribution < -0.4 is 0 Å². The van der Waals surface area contributed by atoms with Crippen LogP contribution in [0, 0.1) is 11.8 Å². The highest BCUT2D eigenvalue weighted by Crippen LogP contribution is 2.53. The summed E-state index contributed by atoms with van der Waals surface area (Å²) in [4.78, 5) is 0. The van der Waals surface area contributed by atoms with E-state index in [0.717, 1.165) is 29.1 Å². The first-order valence-corrected chi connectivity index (χ1v) is 7.87. The van der Waals surface area contributed by atoms with E-state index in [1.807, 2.05) is 6.26 Å². The van der Waals surface area contributed by atoms with Gasteiger partial charge in [0, 0.05) is 12.8 Å². The van der Waals surface area contributed by atoms with Crippen molar-refractivity contribution in [3.63, 3.8) is 0 Å². The van der Waals surface area contributed by atoms with Crippen molar-refractivity contribution in [2.75, 3.05) is 6.26 Å². The summed E-state index contributed by atoms with van der Waals surface area (Å²) in [6, 6.07) is 0. The zero-order valence-corrected chi connectivity index (χ0v) is 11.3. The zero-order valence-electron chi connectivity index (χ0n) is 9.70. The number of hydrogen-bond acceptors (Lipinski definition) is 3. The molecule has 0 saturated heterocycles. The molecule has 0 aromatic carbocycles. The van der Waals surface area contributed by atoms with Crippen molar-refractivity contribution in [3.8, 4) is 0 Å². The molecule has 3 aliphatic rings. The Morgan fingerprint density at radius 1 is 1.25 bits per heavy atom. The van der Waals surface area contributed by atoms with Crippen LogP contribution >= 0.6 is 24.0 Å². The Morgan fingerprint density at radius 3 is 2.44 bits per heavy atom. The SMILES string of the molecule is CSC(=S)OC1CC2=C(C1)[C@H]1CCC[C@H]2C1. The van der Waals surface area contributed by atoms with Gasteiger partial charge in [0.1, 0.15) is 6.10 Å². The van der Waals surface area contributed by atoms with Gasteiger partial charge in [-0.25, -0.2) is 0 Å². The van der Waals surface area contributed by atoms with Gasteiger partial charge in [-0.15, -0.1) is 0 Å². The second kappa shape index (κ2) is 4.34. The van der Waals surface area contributed by atoms with Crippen LogP contribution in [0.25, 0.3) is 0 Å². The van der Waals surface area contributed by atoms with Crippen LogP contribution in [-0.4, -0.2) is 16.7 Å². The number of fused-ring (bicyclic) bond motifs is 4. The van der Waals surface area contributed by atoms with Crippen LogP contribution in [0.2, 0.25) is 0 Å². The molecule has 2 bridgehead atoms. The lowest BCUT2D eigenvalue weighted by molar-refractivity contribution is 0.197. The lowest BCUT2D eigenvalue weighted by Gasteiger charge is -2.25. The molecule has 1 saturated carbocycles. The molecule has 0 amide bonds. The van der Waals surface area contributed by atoms with Crippen LogP contribution in [0.4, 0.5) is 0 Å². The third kappa shape index (κ3) is 1.82. The second-order valence-electron chi connectivity index (χ2n) is 5.21. The quantitative estimate of drug-likeness (QED) is 0.518. The summed E-state index contributed by atoms with van der Waals surface area (Å²) in [5.41, 5.74) is 3.52. The molecule has 2 atom stereocenters. The average molecular weight is 254 g/mol. The van der Waals surface area contributed by atoms with Gasteiger partial charge in [0.15, 0.2) is 0 Å². The Balaban J connectivity index is 1.67. The molecule has 16 heavy (non-hydrogen) atoms. The van der Waals surface area contributed by atoms with Gasteiger partial charge < -0.3 is 4.74 Å². The minimum atomic E-state index is 0.369. The van der Waals surface area contributed by atoms with Crippen LogP contribution in [0.3, 0.4) is 0 Å². The fraction of sp³-hybridized carbons (Fsp3) is 0.769. The molecule has 1 nitrogen and oxygen atoms in total. The summed E-state index contributed by atoms with van der Waals surface area (Å²) < 4.78 is 6.53. The Labute approximate surface area is 107 Å². The van der Waals surface area contributed by atoms with Crippen LogP contribution in [0.1, 0.15) is 38.5 Å². The summed E-state index contributed by atoms with van der Waals surface area (Å²) in [5.74, 6) is 1.82. The summed E-state index contributed by atoms with van der Waals surface area (Å²) in [5, 5.41) is 0. The summed E-state index contributed by atoms with van der Waals surface area (Å²) in [6.45, 7) is 0. The Hall–Kier alpha value is -0.0200. The van der Waals surface area contributed by atoms with Crippen molar-refractivity contribution in [3.05, 3.63) is 11.1 Å². The van der Waals surface area contributed by atoms with E-state index in [4.69, 9.17) is 17.0 Å². The van der Waals surface area contributed by atoms with Crippen molar-refractivity contribution in [2.45, 2.75) is 44.6 Å². The van der Waals surface area contributed by atoms with Crippen molar-refractivity contribution in [2.24, 2.45) is 11.8 Å². The van der Waals surface area contributed by atoms with Crippen molar-refractivity contribution >= 4 is 28.4 Å². The van der Waals surface area contributed by atoms with Gasteiger partial charge in [-0.05, 0) is 49.6 Å². The fourth-order valence-corrected chi connectivity index (χ4v) is 4.14. The molecule has 3 aliphatic carbocycles. The molecule has 3 rings (SSSR count). The smallest absolute Gasteiger partial charge is 0.219 e. The standard InChI is InChI=1S/C13H18OS2/c1-16-13(15)14-10-6-11-8-3-2-4-9(5-8)12(11)7-10/h8-10H,2-7H2,1H3/t8-,9-/m0/s1. The van der Waals surface area contributed by atoms with Gasteiger partial charge >= 0.3 is 0 Å². The number of hydrogen-bond donors (Lipinski definition) is 0. The molecule has 0 N–H and O–H groups in total. The van der Waals surface area contributed by atoms with Gasteiger partial charge in [0.25, 0.3) is 0 Å². The number of thioether (sulfide) groups is 1. The van der Waals surface area contributed by atoms with E-state index in [2.05, 4.69) is 0 Å². The summed E-state index contributed by atoms with van der Waals surface area (Å²) >= 11 is 6.70. The molecule has 1 fully saturated rings. The Kier molecular flexibility index (Phi) is 3.01. The molecule has 0 heterocycles. The predicted molar refractivity (Wildman–Crippen MR) is 72.7 cm³/mol. The van der Waals surface area contributed by atoms with Gasteiger partial charge in [0.05, 0.1) is 0 Å². The molecule has 3 heteroatoms. The highest BCUT2D eigenvalue weighted by atomic mass is 32.2. The number of rotatable bonds is 1. The van der Waals surface area contributed by atoms with Crippen LogP contribution in [-0.2, 0) is 4.74 Å². The van der Waals surface area contributed by atoms with Crippen molar-refractivity contribution in [1.82, 2.24) is 0 Å².